The van der Waals surface area contributed by atoms with E-state index in [0.717, 1.165) is 30.2 Å². The van der Waals surface area contributed by atoms with E-state index in [1.807, 2.05) is 20.0 Å². The van der Waals surface area contributed by atoms with Gasteiger partial charge in [0.2, 0.25) is 0 Å². The van der Waals surface area contributed by atoms with Crippen LogP contribution in [0, 0.1) is 13.8 Å². The molecular formula is C13H22N4O. The second-order valence-corrected chi connectivity index (χ2v) is 5.36. The van der Waals surface area contributed by atoms with Gasteiger partial charge in [0.25, 0.3) is 0 Å². The van der Waals surface area contributed by atoms with Crippen LogP contribution in [0.1, 0.15) is 17.8 Å². The number of hydrogen-bond donors (Lipinski definition) is 1. The van der Waals surface area contributed by atoms with Gasteiger partial charge in [-0.2, -0.15) is 0 Å². The first-order valence-corrected chi connectivity index (χ1v) is 6.37. The van der Waals surface area contributed by atoms with E-state index < -0.39 is 0 Å². The van der Waals surface area contributed by atoms with Gasteiger partial charge in [0.05, 0.1) is 23.7 Å². The quantitative estimate of drug-likeness (QED) is 0.851. The number of β-amino-alcohol motifs (C(OH)–C–C–N with tert-alkyl or cyclic N) is 1. The number of likely N-dealkylation sites (N-methyl/N-ethyl adjacent to an activating group) is 1. The fraction of sp³-hybridized carbons (Fsp3) is 0.692. The molecule has 0 saturated carbocycles. The lowest BCUT2D eigenvalue weighted by molar-refractivity contribution is 0.191. The maximum Gasteiger partial charge on any atom is 0.147 e. The molecule has 2 heterocycles. The lowest BCUT2D eigenvalue weighted by atomic mass is 10.2. The van der Waals surface area contributed by atoms with Crippen LogP contribution in [0.15, 0.2) is 6.20 Å². The van der Waals surface area contributed by atoms with Gasteiger partial charge in [-0.15, -0.1) is 0 Å². The highest BCUT2D eigenvalue weighted by Crippen LogP contribution is 2.24. The number of nitrogens with zero attached hydrogens (tertiary/aromatic N) is 4. The van der Waals surface area contributed by atoms with Crippen molar-refractivity contribution in [2.24, 2.45) is 0 Å². The average Bonchev–Trinajstić information content (AvgIpc) is 2.62. The van der Waals surface area contributed by atoms with Crippen LogP contribution in [-0.2, 0) is 0 Å². The topological polar surface area (TPSA) is 52.5 Å². The van der Waals surface area contributed by atoms with Gasteiger partial charge in [0, 0.05) is 19.1 Å². The van der Waals surface area contributed by atoms with Crippen molar-refractivity contribution in [3.63, 3.8) is 0 Å². The van der Waals surface area contributed by atoms with E-state index in [4.69, 9.17) is 0 Å². The summed E-state index contributed by atoms with van der Waals surface area (Å²) in [5.41, 5.74) is 1.92. The Bertz CT molecular complexity index is 421. The highest BCUT2D eigenvalue weighted by atomic mass is 16.3. The minimum absolute atomic E-state index is 0.265. The number of rotatable bonds is 3. The molecule has 2 unspecified atom stereocenters. The molecule has 1 aliphatic heterocycles. The first kappa shape index (κ1) is 13.2. The Morgan fingerprint density at radius 2 is 2.11 bits per heavy atom. The summed E-state index contributed by atoms with van der Waals surface area (Å²) in [6, 6.07) is 0.311. The molecule has 2 rings (SSSR count). The molecule has 0 amide bonds. The zero-order valence-electron chi connectivity index (χ0n) is 11.6. The molecule has 18 heavy (non-hydrogen) atoms. The van der Waals surface area contributed by atoms with E-state index in [1.54, 1.807) is 0 Å². The summed E-state index contributed by atoms with van der Waals surface area (Å²) in [5.74, 6) is 0.876. The predicted octanol–water partition coefficient (Wildman–Crippen LogP) is 0.595. The number of aliphatic hydroxyl groups is 1. The summed E-state index contributed by atoms with van der Waals surface area (Å²) in [6.45, 7) is 5.50. The minimum Gasteiger partial charge on any atom is -0.391 e. The van der Waals surface area contributed by atoms with E-state index in [-0.39, 0.29) is 6.10 Å². The fourth-order valence-corrected chi connectivity index (χ4v) is 2.44. The molecule has 0 aliphatic carbocycles. The molecule has 0 bridgehead atoms. The summed E-state index contributed by atoms with van der Waals surface area (Å²) < 4.78 is 0. The largest absolute Gasteiger partial charge is 0.391 e. The second-order valence-electron chi connectivity index (χ2n) is 5.36. The highest BCUT2D eigenvalue weighted by molar-refractivity contribution is 5.41. The molecule has 1 aromatic heterocycles. The molecule has 0 aromatic carbocycles. The molecule has 5 heteroatoms. The summed E-state index contributed by atoms with van der Waals surface area (Å²) >= 11 is 0. The van der Waals surface area contributed by atoms with Crippen LogP contribution in [0.4, 0.5) is 5.82 Å². The Balaban J connectivity index is 2.21. The number of aliphatic hydroxyl groups excluding tert-OH is 1. The molecule has 1 aromatic rings. The third-order valence-corrected chi connectivity index (χ3v) is 3.44. The average molecular weight is 250 g/mol. The van der Waals surface area contributed by atoms with Crippen LogP contribution in [0.5, 0.6) is 0 Å². The molecule has 1 N–H and O–H groups in total. The van der Waals surface area contributed by atoms with Crippen molar-refractivity contribution < 1.29 is 5.11 Å². The number of aromatic nitrogens is 2. The van der Waals surface area contributed by atoms with Crippen molar-refractivity contribution in [2.45, 2.75) is 32.4 Å². The monoisotopic (exact) mass is 250 g/mol. The Hall–Kier alpha value is -1.20. The highest BCUT2D eigenvalue weighted by Gasteiger charge is 2.32. The van der Waals surface area contributed by atoms with Crippen LogP contribution >= 0.6 is 0 Å². The third kappa shape index (κ3) is 2.79. The lowest BCUT2D eigenvalue weighted by Gasteiger charge is -2.27. The van der Waals surface area contributed by atoms with Crippen molar-refractivity contribution in [2.75, 3.05) is 32.1 Å². The van der Waals surface area contributed by atoms with Crippen molar-refractivity contribution in [1.29, 1.82) is 0 Å². The van der Waals surface area contributed by atoms with E-state index in [9.17, 15) is 5.11 Å². The first-order valence-electron chi connectivity index (χ1n) is 6.37. The van der Waals surface area contributed by atoms with Crippen molar-refractivity contribution in [3.05, 3.63) is 17.6 Å². The maximum absolute atomic E-state index is 9.86. The summed E-state index contributed by atoms with van der Waals surface area (Å²) in [7, 11) is 4.10. The lowest BCUT2D eigenvalue weighted by Crippen LogP contribution is -2.38. The molecule has 1 saturated heterocycles. The van der Waals surface area contributed by atoms with Gasteiger partial charge in [0.1, 0.15) is 5.82 Å². The van der Waals surface area contributed by atoms with Gasteiger partial charge in [-0.1, -0.05) is 0 Å². The molecule has 1 aliphatic rings. The van der Waals surface area contributed by atoms with Gasteiger partial charge in [0.15, 0.2) is 0 Å². The second kappa shape index (κ2) is 5.20. The van der Waals surface area contributed by atoms with E-state index >= 15 is 0 Å². The molecular weight excluding hydrogens is 228 g/mol. The third-order valence-electron chi connectivity index (χ3n) is 3.44. The normalized spacial score (nSPS) is 24.0. The zero-order chi connectivity index (χ0) is 13.3. The van der Waals surface area contributed by atoms with Crippen LogP contribution in [-0.4, -0.2) is 59.3 Å². The van der Waals surface area contributed by atoms with Crippen LogP contribution in [0.25, 0.3) is 0 Å². The van der Waals surface area contributed by atoms with E-state index in [2.05, 4.69) is 33.9 Å². The first-order chi connectivity index (χ1) is 8.47. The number of aryl methyl sites for hydroxylation is 2. The molecule has 100 valence electrons. The van der Waals surface area contributed by atoms with Gasteiger partial charge < -0.3 is 14.9 Å². The summed E-state index contributed by atoms with van der Waals surface area (Å²) in [6.07, 6.45) is 2.34. The van der Waals surface area contributed by atoms with Gasteiger partial charge in [-0.25, -0.2) is 4.98 Å². The Kier molecular flexibility index (Phi) is 3.82. The smallest absolute Gasteiger partial charge is 0.147 e. The molecule has 0 radical (unpaired) electrons. The SMILES string of the molecule is Cc1ncc(N2CC(O)CC2CN(C)C)nc1C. The van der Waals surface area contributed by atoms with Crippen LogP contribution in [0.3, 0.4) is 0 Å². The standard InChI is InChI=1S/C13H22N4O/c1-9-10(2)15-13(6-14-9)17-8-12(18)5-11(17)7-16(3)4/h6,11-12,18H,5,7-8H2,1-4H3. The number of hydrogen-bond acceptors (Lipinski definition) is 5. The van der Waals surface area contributed by atoms with E-state index in [1.165, 1.54) is 0 Å². The fourth-order valence-electron chi connectivity index (χ4n) is 2.44. The van der Waals surface area contributed by atoms with Crippen LogP contribution < -0.4 is 4.90 Å². The Morgan fingerprint density at radius 1 is 1.39 bits per heavy atom. The molecule has 1 fully saturated rings. The Morgan fingerprint density at radius 3 is 2.72 bits per heavy atom. The van der Waals surface area contributed by atoms with Crippen molar-refractivity contribution in [1.82, 2.24) is 14.9 Å². The van der Waals surface area contributed by atoms with E-state index in [0.29, 0.717) is 12.6 Å². The summed E-state index contributed by atoms with van der Waals surface area (Å²) in [5, 5.41) is 9.86. The molecule has 2 atom stereocenters. The van der Waals surface area contributed by atoms with Crippen LogP contribution in [0.2, 0.25) is 0 Å². The van der Waals surface area contributed by atoms with Crippen molar-refractivity contribution >= 4 is 5.82 Å². The molecule has 5 nitrogen and oxygen atoms in total. The van der Waals surface area contributed by atoms with Gasteiger partial charge in [-0.05, 0) is 34.4 Å². The summed E-state index contributed by atoms with van der Waals surface area (Å²) in [4.78, 5) is 13.3. The maximum atomic E-state index is 9.86. The van der Waals surface area contributed by atoms with Gasteiger partial charge in [-0.3, -0.25) is 4.98 Å². The van der Waals surface area contributed by atoms with Gasteiger partial charge >= 0.3 is 0 Å². The zero-order valence-corrected chi connectivity index (χ0v) is 11.6. The minimum atomic E-state index is -0.265. The van der Waals surface area contributed by atoms with Crippen molar-refractivity contribution in [3.8, 4) is 0 Å². The predicted molar refractivity (Wildman–Crippen MR) is 71.8 cm³/mol. The number of anilines is 1. The molecule has 0 spiro atoms. The Labute approximate surface area is 108 Å².